The van der Waals surface area contributed by atoms with Gasteiger partial charge in [-0.05, 0) is 50.1 Å². The van der Waals surface area contributed by atoms with E-state index < -0.39 is 0 Å². The number of aromatic nitrogens is 1. The molecule has 0 saturated carbocycles. The Kier molecular flexibility index (Phi) is 5.53. The lowest BCUT2D eigenvalue weighted by Crippen LogP contribution is -2.32. The first-order valence-electron chi connectivity index (χ1n) is 8.45. The van der Waals surface area contributed by atoms with Crippen molar-refractivity contribution in [2.75, 3.05) is 17.2 Å². The van der Waals surface area contributed by atoms with Gasteiger partial charge in [-0.25, -0.2) is 4.98 Å². The van der Waals surface area contributed by atoms with E-state index in [-0.39, 0.29) is 11.4 Å². The molecule has 0 saturated heterocycles. The maximum atomic E-state index is 12.9. The first kappa shape index (κ1) is 18.7. The quantitative estimate of drug-likeness (QED) is 0.856. The third-order valence-corrected chi connectivity index (χ3v) is 5.50. The predicted molar refractivity (Wildman–Crippen MR) is 109 cm³/mol. The molecule has 1 aromatic carbocycles. The second kappa shape index (κ2) is 7.68. The van der Waals surface area contributed by atoms with Crippen LogP contribution >= 0.6 is 23.4 Å². The number of pyridine rings is 1. The monoisotopic (exact) mass is 388 g/mol. The molecule has 136 valence electrons. The van der Waals surface area contributed by atoms with Crippen LogP contribution in [-0.2, 0) is 5.54 Å². The van der Waals surface area contributed by atoms with Gasteiger partial charge in [-0.1, -0.05) is 35.5 Å². The number of benzene rings is 1. The zero-order chi connectivity index (χ0) is 18.7. The van der Waals surface area contributed by atoms with Crippen LogP contribution in [0.1, 0.15) is 36.3 Å². The second-order valence-electron chi connectivity index (χ2n) is 6.28. The smallest absolute Gasteiger partial charge is 0.276 e. The van der Waals surface area contributed by atoms with Crippen LogP contribution in [0.15, 0.2) is 47.6 Å². The van der Waals surface area contributed by atoms with Crippen LogP contribution in [0.2, 0.25) is 5.02 Å². The summed E-state index contributed by atoms with van der Waals surface area (Å²) in [5.41, 5.74) is 7.80. The number of nitrogens with two attached hydrogens (primary N) is 1. The molecule has 1 aliphatic rings. The van der Waals surface area contributed by atoms with Crippen molar-refractivity contribution >= 4 is 40.1 Å². The van der Waals surface area contributed by atoms with Gasteiger partial charge in [0.1, 0.15) is 5.69 Å². The maximum Gasteiger partial charge on any atom is 0.276 e. The average Bonchev–Trinajstić information content (AvgIpc) is 2.63. The number of amidine groups is 1. The van der Waals surface area contributed by atoms with Gasteiger partial charge in [0.15, 0.2) is 5.17 Å². The highest BCUT2D eigenvalue weighted by molar-refractivity contribution is 8.13. The summed E-state index contributed by atoms with van der Waals surface area (Å²) in [7, 11) is 0. The van der Waals surface area contributed by atoms with Crippen molar-refractivity contribution in [1.29, 1.82) is 0 Å². The summed E-state index contributed by atoms with van der Waals surface area (Å²) in [5, 5.41) is 1.11. The molecule has 0 radical (unpaired) electrons. The van der Waals surface area contributed by atoms with E-state index in [1.807, 2.05) is 31.2 Å². The van der Waals surface area contributed by atoms with Gasteiger partial charge in [0.05, 0.1) is 10.6 Å². The van der Waals surface area contributed by atoms with E-state index in [1.54, 1.807) is 28.8 Å². The predicted octanol–water partition coefficient (Wildman–Crippen LogP) is 4.07. The highest BCUT2D eigenvalue weighted by Gasteiger charge is 2.30. The Hall–Kier alpha value is -2.05. The van der Waals surface area contributed by atoms with Crippen molar-refractivity contribution in [3.63, 3.8) is 0 Å². The van der Waals surface area contributed by atoms with Crippen molar-refractivity contribution in [1.82, 2.24) is 4.98 Å². The first-order valence-corrected chi connectivity index (χ1v) is 9.81. The van der Waals surface area contributed by atoms with Crippen LogP contribution < -0.4 is 10.6 Å². The third kappa shape index (κ3) is 3.86. The van der Waals surface area contributed by atoms with Crippen molar-refractivity contribution in [3.05, 3.63) is 58.9 Å². The van der Waals surface area contributed by atoms with Gasteiger partial charge in [-0.3, -0.25) is 9.79 Å². The largest absolute Gasteiger partial charge is 0.379 e. The molecule has 0 spiro atoms. The SMILES string of the molecule is CCN(C(=O)c1ccc(Cl)cn1)c1cccc(C2(C)CCSC(N)=N2)c1. The standard InChI is InChI=1S/C19H21ClN4OS/c1-3-24(17(25)16-8-7-14(20)12-22-16)15-6-4-5-13(11-15)19(2)9-10-26-18(21)23-19/h4-8,11-12H,3,9-10H2,1-2H3,(H2,21,23). The normalized spacial score (nSPS) is 19.7. The van der Waals surface area contributed by atoms with Crippen LogP contribution in [0.3, 0.4) is 0 Å². The number of aliphatic imine (C=N–C) groups is 1. The molecule has 0 fully saturated rings. The summed E-state index contributed by atoms with van der Waals surface area (Å²) in [6.45, 7) is 4.55. The zero-order valence-corrected chi connectivity index (χ0v) is 16.3. The minimum Gasteiger partial charge on any atom is -0.379 e. The molecule has 7 heteroatoms. The molecule has 0 bridgehead atoms. The highest BCUT2D eigenvalue weighted by atomic mass is 35.5. The lowest BCUT2D eigenvalue weighted by atomic mass is 9.89. The summed E-state index contributed by atoms with van der Waals surface area (Å²) < 4.78 is 0. The molecule has 5 nitrogen and oxygen atoms in total. The summed E-state index contributed by atoms with van der Waals surface area (Å²) in [6.07, 6.45) is 2.39. The zero-order valence-electron chi connectivity index (χ0n) is 14.8. The number of hydrogen-bond acceptors (Lipinski definition) is 5. The van der Waals surface area contributed by atoms with Crippen LogP contribution in [0, 0.1) is 0 Å². The molecule has 1 atom stereocenters. The number of halogens is 1. The third-order valence-electron chi connectivity index (χ3n) is 4.48. The number of carbonyl (C=O) groups is 1. The highest BCUT2D eigenvalue weighted by Crippen LogP contribution is 2.36. The molecule has 0 aliphatic carbocycles. The Labute approximate surface area is 162 Å². The van der Waals surface area contributed by atoms with E-state index in [0.717, 1.165) is 23.4 Å². The number of amides is 1. The number of carbonyl (C=O) groups excluding carboxylic acids is 1. The summed E-state index contributed by atoms with van der Waals surface area (Å²) in [4.78, 5) is 23.4. The molecule has 26 heavy (non-hydrogen) atoms. The molecule has 3 rings (SSSR count). The van der Waals surface area contributed by atoms with E-state index in [4.69, 9.17) is 17.3 Å². The Bertz CT molecular complexity index is 840. The Morgan fingerprint density at radius 3 is 2.85 bits per heavy atom. The summed E-state index contributed by atoms with van der Waals surface area (Å²) in [6, 6.07) is 11.2. The van der Waals surface area contributed by atoms with E-state index >= 15 is 0 Å². The van der Waals surface area contributed by atoms with Crippen molar-refractivity contribution in [3.8, 4) is 0 Å². The minimum absolute atomic E-state index is 0.159. The molecule has 2 aromatic rings. The molecule has 1 unspecified atom stereocenters. The van der Waals surface area contributed by atoms with E-state index in [1.165, 1.54) is 6.20 Å². The number of rotatable bonds is 4. The second-order valence-corrected chi connectivity index (χ2v) is 7.84. The molecule has 2 heterocycles. The number of thioether (sulfide) groups is 1. The molecule has 1 amide bonds. The van der Waals surface area contributed by atoms with E-state index in [9.17, 15) is 4.79 Å². The molecule has 2 N–H and O–H groups in total. The summed E-state index contributed by atoms with van der Waals surface area (Å²) >= 11 is 7.45. The van der Waals surface area contributed by atoms with Crippen LogP contribution in [0.25, 0.3) is 0 Å². The molecule has 1 aromatic heterocycles. The van der Waals surface area contributed by atoms with Crippen molar-refractivity contribution < 1.29 is 4.79 Å². The number of hydrogen-bond donors (Lipinski definition) is 1. The van der Waals surface area contributed by atoms with Crippen LogP contribution in [0.5, 0.6) is 0 Å². The first-order chi connectivity index (χ1) is 12.4. The van der Waals surface area contributed by atoms with Gasteiger partial charge in [-0.15, -0.1) is 0 Å². The Balaban J connectivity index is 1.94. The van der Waals surface area contributed by atoms with Crippen LogP contribution in [0.4, 0.5) is 5.69 Å². The van der Waals surface area contributed by atoms with Gasteiger partial charge in [0, 0.05) is 24.2 Å². The van der Waals surface area contributed by atoms with Gasteiger partial charge >= 0.3 is 0 Å². The van der Waals surface area contributed by atoms with E-state index in [2.05, 4.69) is 16.9 Å². The lowest BCUT2D eigenvalue weighted by Gasteiger charge is -2.31. The minimum atomic E-state index is -0.369. The van der Waals surface area contributed by atoms with Crippen LogP contribution in [-0.4, -0.2) is 28.4 Å². The molecule has 1 aliphatic heterocycles. The molecular formula is C19H21ClN4OS. The molecular weight excluding hydrogens is 368 g/mol. The maximum absolute atomic E-state index is 12.9. The summed E-state index contributed by atoms with van der Waals surface area (Å²) in [5.74, 6) is 0.773. The fraction of sp³-hybridized carbons (Fsp3) is 0.316. The lowest BCUT2D eigenvalue weighted by molar-refractivity contribution is 0.0983. The van der Waals surface area contributed by atoms with Crippen molar-refractivity contribution in [2.24, 2.45) is 10.7 Å². The van der Waals surface area contributed by atoms with Gasteiger partial charge in [0.2, 0.25) is 0 Å². The van der Waals surface area contributed by atoms with Gasteiger partial charge in [0.25, 0.3) is 5.91 Å². The van der Waals surface area contributed by atoms with Gasteiger partial charge in [-0.2, -0.15) is 0 Å². The average molecular weight is 389 g/mol. The van der Waals surface area contributed by atoms with E-state index in [0.29, 0.717) is 22.4 Å². The number of anilines is 1. The number of nitrogens with zero attached hydrogens (tertiary/aromatic N) is 3. The van der Waals surface area contributed by atoms with Gasteiger partial charge < -0.3 is 10.6 Å². The van der Waals surface area contributed by atoms with Crippen molar-refractivity contribution in [2.45, 2.75) is 25.8 Å². The fourth-order valence-corrected chi connectivity index (χ4v) is 4.07. The Morgan fingerprint density at radius 2 is 2.19 bits per heavy atom. The topological polar surface area (TPSA) is 71.6 Å². The fourth-order valence-electron chi connectivity index (χ4n) is 2.99. The Morgan fingerprint density at radius 1 is 1.38 bits per heavy atom.